The number of nitrogens with zero attached hydrogens (tertiary/aromatic N) is 3. The van der Waals surface area contributed by atoms with Gasteiger partial charge >= 0.3 is 0 Å². The van der Waals surface area contributed by atoms with E-state index in [-0.39, 0.29) is 12.3 Å². The van der Waals surface area contributed by atoms with E-state index in [9.17, 15) is 4.79 Å². The Balaban J connectivity index is 2.09. The average Bonchev–Trinajstić information content (AvgIpc) is 2.56. The summed E-state index contributed by atoms with van der Waals surface area (Å²) in [6, 6.07) is 3.27. The fourth-order valence-electron chi connectivity index (χ4n) is 1.89. The van der Waals surface area contributed by atoms with E-state index in [0.29, 0.717) is 10.8 Å². The van der Waals surface area contributed by atoms with E-state index >= 15 is 0 Å². The molecular weight excluding hydrogens is 264 g/mol. The first-order chi connectivity index (χ1) is 8.97. The Morgan fingerprint density at radius 3 is 2.79 bits per heavy atom. The molecule has 19 heavy (non-hydrogen) atoms. The van der Waals surface area contributed by atoms with Crippen molar-refractivity contribution in [1.29, 1.82) is 0 Å². The SMILES string of the molecule is Cc1nn(C)c(C)c1CC(=O)Nc1cc(Cl)ccn1. The van der Waals surface area contributed by atoms with Crippen LogP contribution >= 0.6 is 11.6 Å². The minimum Gasteiger partial charge on any atom is -0.310 e. The lowest BCUT2D eigenvalue weighted by Crippen LogP contribution is -2.16. The van der Waals surface area contributed by atoms with Gasteiger partial charge in [0.15, 0.2) is 0 Å². The van der Waals surface area contributed by atoms with Gasteiger partial charge < -0.3 is 5.32 Å². The van der Waals surface area contributed by atoms with Crippen LogP contribution in [0.5, 0.6) is 0 Å². The van der Waals surface area contributed by atoms with E-state index in [4.69, 9.17) is 11.6 Å². The number of aryl methyl sites for hydroxylation is 2. The lowest BCUT2D eigenvalue weighted by atomic mass is 10.1. The summed E-state index contributed by atoms with van der Waals surface area (Å²) < 4.78 is 1.77. The molecule has 2 heterocycles. The molecule has 0 aliphatic carbocycles. The van der Waals surface area contributed by atoms with E-state index in [0.717, 1.165) is 17.0 Å². The Hall–Kier alpha value is -1.88. The minimum atomic E-state index is -0.131. The first-order valence-corrected chi connectivity index (χ1v) is 6.25. The number of pyridine rings is 1. The number of halogens is 1. The fourth-order valence-corrected chi connectivity index (χ4v) is 2.05. The number of anilines is 1. The molecule has 0 saturated carbocycles. The van der Waals surface area contributed by atoms with Crippen LogP contribution in [-0.2, 0) is 18.3 Å². The highest BCUT2D eigenvalue weighted by atomic mass is 35.5. The normalized spacial score (nSPS) is 10.5. The summed E-state index contributed by atoms with van der Waals surface area (Å²) in [5.74, 6) is 0.325. The summed E-state index contributed by atoms with van der Waals surface area (Å²) >= 11 is 5.84. The Kier molecular flexibility index (Phi) is 3.85. The highest BCUT2D eigenvalue weighted by molar-refractivity contribution is 6.30. The lowest BCUT2D eigenvalue weighted by molar-refractivity contribution is -0.115. The van der Waals surface area contributed by atoms with Gasteiger partial charge in [0.2, 0.25) is 5.91 Å². The van der Waals surface area contributed by atoms with Crippen LogP contribution in [0.4, 0.5) is 5.82 Å². The molecule has 0 fully saturated rings. The monoisotopic (exact) mass is 278 g/mol. The Labute approximate surface area is 116 Å². The van der Waals surface area contributed by atoms with E-state index in [2.05, 4.69) is 15.4 Å². The fraction of sp³-hybridized carbons (Fsp3) is 0.308. The second-order valence-corrected chi connectivity index (χ2v) is 4.79. The van der Waals surface area contributed by atoms with Crippen molar-refractivity contribution in [1.82, 2.24) is 14.8 Å². The molecule has 0 atom stereocenters. The first kappa shape index (κ1) is 13.5. The van der Waals surface area contributed by atoms with E-state index in [1.807, 2.05) is 20.9 Å². The summed E-state index contributed by atoms with van der Waals surface area (Å²) in [7, 11) is 1.86. The van der Waals surface area contributed by atoms with E-state index in [1.54, 1.807) is 23.0 Å². The molecular formula is C13H15ClN4O. The van der Waals surface area contributed by atoms with Crippen LogP contribution < -0.4 is 5.32 Å². The van der Waals surface area contributed by atoms with Crippen LogP contribution in [0.1, 0.15) is 17.0 Å². The predicted molar refractivity (Wildman–Crippen MR) is 74.3 cm³/mol. The number of rotatable bonds is 3. The highest BCUT2D eigenvalue weighted by Crippen LogP contribution is 2.15. The highest BCUT2D eigenvalue weighted by Gasteiger charge is 2.13. The van der Waals surface area contributed by atoms with Crippen molar-refractivity contribution in [2.45, 2.75) is 20.3 Å². The van der Waals surface area contributed by atoms with Gasteiger partial charge in [-0.15, -0.1) is 0 Å². The minimum absolute atomic E-state index is 0.131. The van der Waals surface area contributed by atoms with E-state index < -0.39 is 0 Å². The number of carbonyl (C=O) groups is 1. The van der Waals surface area contributed by atoms with Crippen LogP contribution in [0.3, 0.4) is 0 Å². The smallest absolute Gasteiger partial charge is 0.230 e. The number of hydrogen-bond acceptors (Lipinski definition) is 3. The standard InChI is InChI=1S/C13H15ClN4O/c1-8-11(9(2)18(3)17-8)7-13(19)16-12-6-10(14)4-5-15-12/h4-6H,7H2,1-3H3,(H,15,16,19). The van der Waals surface area contributed by atoms with Gasteiger partial charge in [-0.3, -0.25) is 9.48 Å². The predicted octanol–water partition coefficient (Wildman–Crippen LogP) is 2.27. The molecule has 0 saturated heterocycles. The average molecular weight is 279 g/mol. The Morgan fingerprint density at radius 1 is 1.47 bits per heavy atom. The van der Waals surface area contributed by atoms with E-state index in [1.165, 1.54) is 0 Å². The summed E-state index contributed by atoms with van der Waals surface area (Å²) in [6.07, 6.45) is 1.83. The van der Waals surface area contributed by atoms with Crippen molar-refractivity contribution < 1.29 is 4.79 Å². The van der Waals surface area contributed by atoms with Crippen molar-refractivity contribution in [3.05, 3.63) is 40.3 Å². The zero-order valence-corrected chi connectivity index (χ0v) is 11.8. The van der Waals surface area contributed by atoms with Crippen LogP contribution in [0, 0.1) is 13.8 Å². The molecule has 5 nitrogen and oxygen atoms in total. The van der Waals surface area contributed by atoms with Gasteiger partial charge in [0.05, 0.1) is 12.1 Å². The van der Waals surface area contributed by atoms with Gasteiger partial charge in [0.1, 0.15) is 5.82 Å². The molecule has 1 amide bonds. The summed E-state index contributed by atoms with van der Waals surface area (Å²) in [5.41, 5.74) is 2.81. The molecule has 0 aliphatic rings. The maximum absolute atomic E-state index is 12.0. The second-order valence-electron chi connectivity index (χ2n) is 4.36. The van der Waals surface area contributed by atoms with Crippen molar-refractivity contribution >= 4 is 23.3 Å². The third-order valence-corrected chi connectivity index (χ3v) is 3.22. The molecule has 0 radical (unpaired) electrons. The number of nitrogens with one attached hydrogen (secondary N) is 1. The maximum atomic E-state index is 12.0. The van der Waals surface area contributed by atoms with Crippen LogP contribution in [-0.4, -0.2) is 20.7 Å². The van der Waals surface area contributed by atoms with Crippen LogP contribution in [0.25, 0.3) is 0 Å². The molecule has 0 aliphatic heterocycles. The molecule has 0 bridgehead atoms. The van der Waals surface area contributed by atoms with Crippen molar-refractivity contribution in [3.8, 4) is 0 Å². The second kappa shape index (κ2) is 5.40. The molecule has 0 spiro atoms. The molecule has 2 aromatic heterocycles. The first-order valence-electron chi connectivity index (χ1n) is 5.88. The van der Waals surface area contributed by atoms with Gasteiger partial charge in [-0.05, 0) is 26.0 Å². The third kappa shape index (κ3) is 3.12. The molecule has 1 N–H and O–H groups in total. The van der Waals surface area contributed by atoms with Gasteiger partial charge in [0.25, 0.3) is 0 Å². The van der Waals surface area contributed by atoms with Crippen molar-refractivity contribution in [2.24, 2.45) is 7.05 Å². The molecule has 100 valence electrons. The molecule has 6 heteroatoms. The number of carbonyl (C=O) groups excluding carboxylic acids is 1. The summed E-state index contributed by atoms with van der Waals surface area (Å²) in [6.45, 7) is 3.84. The van der Waals surface area contributed by atoms with Crippen molar-refractivity contribution in [3.63, 3.8) is 0 Å². The quantitative estimate of drug-likeness (QED) is 0.937. The van der Waals surface area contributed by atoms with Crippen molar-refractivity contribution in [2.75, 3.05) is 5.32 Å². The number of amides is 1. The molecule has 0 aromatic carbocycles. The molecule has 2 rings (SSSR count). The summed E-state index contributed by atoms with van der Waals surface area (Å²) in [5, 5.41) is 7.55. The molecule has 0 unspecified atom stereocenters. The number of hydrogen-bond donors (Lipinski definition) is 1. The van der Waals surface area contributed by atoms with Gasteiger partial charge in [-0.2, -0.15) is 5.10 Å². The van der Waals surface area contributed by atoms with Gasteiger partial charge in [-0.25, -0.2) is 4.98 Å². The summed E-state index contributed by atoms with van der Waals surface area (Å²) in [4.78, 5) is 16.0. The maximum Gasteiger partial charge on any atom is 0.230 e. The number of aromatic nitrogens is 3. The topological polar surface area (TPSA) is 59.8 Å². The zero-order chi connectivity index (χ0) is 14.0. The zero-order valence-electron chi connectivity index (χ0n) is 11.1. The lowest BCUT2D eigenvalue weighted by Gasteiger charge is -2.05. The largest absolute Gasteiger partial charge is 0.310 e. The van der Waals surface area contributed by atoms with Gasteiger partial charge in [0, 0.05) is 29.5 Å². The Morgan fingerprint density at radius 2 is 2.21 bits per heavy atom. The van der Waals surface area contributed by atoms with Crippen LogP contribution in [0.2, 0.25) is 5.02 Å². The van der Waals surface area contributed by atoms with Gasteiger partial charge in [-0.1, -0.05) is 11.6 Å². The molecule has 2 aromatic rings. The third-order valence-electron chi connectivity index (χ3n) is 2.99. The Bertz CT molecular complexity index is 621. The van der Waals surface area contributed by atoms with Crippen LogP contribution in [0.15, 0.2) is 18.3 Å².